The first kappa shape index (κ1) is 16.4. The second-order valence-electron chi connectivity index (χ2n) is 6.15. The van der Waals surface area contributed by atoms with Gasteiger partial charge in [0.2, 0.25) is 0 Å². The van der Waals surface area contributed by atoms with Crippen LogP contribution in [-0.2, 0) is 4.79 Å². The van der Waals surface area contributed by atoms with Crippen LogP contribution in [0.3, 0.4) is 0 Å². The first-order valence-electron chi connectivity index (χ1n) is 7.70. The zero-order chi connectivity index (χ0) is 14.4. The second kappa shape index (κ2) is 7.85. The Morgan fingerprint density at radius 3 is 2.21 bits per heavy atom. The number of rotatable bonds is 10. The van der Waals surface area contributed by atoms with Crippen LogP contribution in [0.2, 0.25) is 0 Å². The van der Waals surface area contributed by atoms with Gasteiger partial charge in [-0.1, -0.05) is 27.7 Å². The van der Waals surface area contributed by atoms with E-state index in [0.717, 1.165) is 32.2 Å². The van der Waals surface area contributed by atoms with Gasteiger partial charge in [-0.2, -0.15) is 0 Å². The van der Waals surface area contributed by atoms with Crippen LogP contribution < -0.4 is 5.32 Å². The van der Waals surface area contributed by atoms with Crippen LogP contribution in [0.25, 0.3) is 0 Å². The lowest BCUT2D eigenvalue weighted by atomic mass is 10.1. The van der Waals surface area contributed by atoms with Gasteiger partial charge >= 0.3 is 5.97 Å². The maximum Gasteiger partial charge on any atom is 0.322 e. The molecular weight excluding hydrogens is 240 g/mol. The highest BCUT2D eigenvalue weighted by Crippen LogP contribution is 2.20. The van der Waals surface area contributed by atoms with E-state index in [-0.39, 0.29) is 0 Å². The molecule has 0 spiro atoms. The van der Waals surface area contributed by atoms with Gasteiger partial charge in [-0.05, 0) is 31.6 Å². The average Bonchev–Trinajstić information content (AvgIpc) is 3.12. The van der Waals surface area contributed by atoms with E-state index in [1.54, 1.807) is 0 Å². The van der Waals surface area contributed by atoms with Crippen LogP contribution in [0.15, 0.2) is 0 Å². The minimum absolute atomic E-state index is 0.424. The van der Waals surface area contributed by atoms with Gasteiger partial charge in [0.05, 0.1) is 0 Å². The van der Waals surface area contributed by atoms with Crippen molar-refractivity contribution in [3.05, 3.63) is 0 Å². The fourth-order valence-corrected chi connectivity index (χ4v) is 2.62. The quantitative estimate of drug-likeness (QED) is 0.640. The summed E-state index contributed by atoms with van der Waals surface area (Å²) in [4.78, 5) is 13.8. The van der Waals surface area contributed by atoms with Crippen LogP contribution >= 0.6 is 0 Å². The largest absolute Gasteiger partial charge is 0.480 e. The predicted octanol–water partition coefficient (Wildman–Crippen LogP) is 2.34. The Morgan fingerprint density at radius 1 is 1.26 bits per heavy atom. The van der Waals surface area contributed by atoms with Crippen molar-refractivity contribution in [1.82, 2.24) is 10.2 Å². The maximum absolute atomic E-state index is 11.4. The van der Waals surface area contributed by atoms with Crippen molar-refractivity contribution in [2.75, 3.05) is 13.1 Å². The minimum atomic E-state index is -0.716. The molecular formula is C15H30N2O2. The molecule has 112 valence electrons. The molecule has 0 aromatic carbocycles. The number of nitrogens with one attached hydrogen (secondary N) is 1. The maximum atomic E-state index is 11.4. The SMILES string of the molecule is CCC(CC)N(CC(C)C)CC(NC1CC1)C(=O)O. The van der Waals surface area contributed by atoms with Crippen molar-refractivity contribution in [2.45, 2.75) is 71.5 Å². The summed E-state index contributed by atoms with van der Waals surface area (Å²) in [6.07, 6.45) is 4.41. The molecule has 4 nitrogen and oxygen atoms in total. The van der Waals surface area contributed by atoms with Gasteiger partial charge in [-0.25, -0.2) is 0 Å². The lowest BCUT2D eigenvalue weighted by molar-refractivity contribution is -0.140. The molecule has 19 heavy (non-hydrogen) atoms. The normalized spacial score (nSPS) is 17.4. The van der Waals surface area contributed by atoms with Crippen LogP contribution in [0, 0.1) is 5.92 Å². The van der Waals surface area contributed by atoms with Crippen molar-refractivity contribution >= 4 is 5.97 Å². The lowest BCUT2D eigenvalue weighted by Gasteiger charge is -2.34. The van der Waals surface area contributed by atoms with Crippen molar-refractivity contribution in [1.29, 1.82) is 0 Å². The molecule has 0 aromatic heterocycles. The van der Waals surface area contributed by atoms with E-state index in [1.165, 1.54) is 0 Å². The third-order valence-electron chi connectivity index (χ3n) is 3.79. The average molecular weight is 270 g/mol. The number of hydrogen-bond donors (Lipinski definition) is 2. The van der Waals surface area contributed by atoms with Crippen LogP contribution in [0.5, 0.6) is 0 Å². The number of hydrogen-bond acceptors (Lipinski definition) is 3. The molecule has 0 aliphatic heterocycles. The van der Waals surface area contributed by atoms with E-state index >= 15 is 0 Å². The van der Waals surface area contributed by atoms with Crippen molar-refractivity contribution in [2.24, 2.45) is 5.92 Å². The summed E-state index contributed by atoms with van der Waals surface area (Å²) in [6, 6.07) is 0.501. The molecule has 1 fully saturated rings. The molecule has 0 bridgehead atoms. The highest BCUT2D eigenvalue weighted by molar-refractivity contribution is 5.73. The van der Waals surface area contributed by atoms with Crippen molar-refractivity contribution < 1.29 is 9.90 Å². The molecule has 4 heteroatoms. The Bertz CT molecular complexity index is 273. The van der Waals surface area contributed by atoms with E-state index in [2.05, 4.69) is 37.9 Å². The Hall–Kier alpha value is -0.610. The number of carboxylic acids is 1. The molecule has 1 rings (SSSR count). The summed E-state index contributed by atoms with van der Waals surface area (Å²) in [7, 11) is 0. The predicted molar refractivity (Wildman–Crippen MR) is 78.4 cm³/mol. The molecule has 0 aromatic rings. The molecule has 0 saturated heterocycles. The van der Waals surface area contributed by atoms with Gasteiger partial charge in [-0.3, -0.25) is 9.69 Å². The highest BCUT2D eigenvalue weighted by Gasteiger charge is 2.30. The summed E-state index contributed by atoms with van der Waals surface area (Å²) in [5, 5.41) is 12.6. The molecule has 1 atom stereocenters. The fraction of sp³-hybridized carbons (Fsp3) is 0.933. The van der Waals surface area contributed by atoms with Crippen LogP contribution in [-0.4, -0.2) is 47.2 Å². The Labute approximate surface area is 117 Å². The Balaban J connectivity index is 2.62. The topological polar surface area (TPSA) is 52.6 Å². The third kappa shape index (κ3) is 5.91. The molecule has 1 saturated carbocycles. The van der Waals surface area contributed by atoms with E-state index in [9.17, 15) is 9.90 Å². The van der Waals surface area contributed by atoms with Crippen molar-refractivity contribution in [3.8, 4) is 0 Å². The molecule has 1 aliphatic carbocycles. The lowest BCUT2D eigenvalue weighted by Crippen LogP contribution is -2.50. The van der Waals surface area contributed by atoms with Gasteiger partial charge in [0.25, 0.3) is 0 Å². The van der Waals surface area contributed by atoms with E-state index in [4.69, 9.17) is 0 Å². The smallest absolute Gasteiger partial charge is 0.322 e. The zero-order valence-corrected chi connectivity index (χ0v) is 12.9. The van der Waals surface area contributed by atoms with Gasteiger partial charge in [0.1, 0.15) is 6.04 Å². The van der Waals surface area contributed by atoms with Crippen molar-refractivity contribution in [3.63, 3.8) is 0 Å². The first-order chi connectivity index (χ1) is 8.97. The summed E-state index contributed by atoms with van der Waals surface area (Å²) in [6.45, 7) is 10.4. The standard InChI is InChI=1S/C15H30N2O2/c1-5-13(6-2)17(9-11(3)4)10-14(15(18)19)16-12-7-8-12/h11-14,16H,5-10H2,1-4H3,(H,18,19). The van der Waals surface area contributed by atoms with Gasteiger partial charge in [-0.15, -0.1) is 0 Å². The fourth-order valence-electron chi connectivity index (χ4n) is 2.62. The van der Waals surface area contributed by atoms with Gasteiger partial charge in [0.15, 0.2) is 0 Å². The zero-order valence-electron chi connectivity index (χ0n) is 12.9. The third-order valence-corrected chi connectivity index (χ3v) is 3.79. The minimum Gasteiger partial charge on any atom is -0.480 e. The van der Waals surface area contributed by atoms with E-state index in [0.29, 0.717) is 24.5 Å². The first-order valence-corrected chi connectivity index (χ1v) is 7.70. The molecule has 1 aliphatic rings. The van der Waals surface area contributed by atoms with E-state index < -0.39 is 12.0 Å². The van der Waals surface area contributed by atoms with Gasteiger partial charge in [0, 0.05) is 25.2 Å². The number of aliphatic carboxylic acids is 1. The molecule has 0 amide bonds. The molecule has 0 radical (unpaired) electrons. The summed E-state index contributed by atoms with van der Waals surface area (Å²) in [5.74, 6) is -0.150. The highest BCUT2D eigenvalue weighted by atomic mass is 16.4. The molecule has 2 N–H and O–H groups in total. The van der Waals surface area contributed by atoms with Gasteiger partial charge < -0.3 is 10.4 Å². The number of carbonyl (C=O) groups is 1. The number of nitrogens with zero attached hydrogens (tertiary/aromatic N) is 1. The molecule has 1 unspecified atom stereocenters. The molecule has 0 heterocycles. The summed E-state index contributed by atoms with van der Waals surface area (Å²) < 4.78 is 0. The van der Waals surface area contributed by atoms with Crippen LogP contribution in [0.1, 0.15) is 53.4 Å². The Kier molecular flexibility index (Phi) is 6.80. The summed E-state index contributed by atoms with van der Waals surface area (Å²) >= 11 is 0. The summed E-state index contributed by atoms with van der Waals surface area (Å²) in [5.41, 5.74) is 0. The van der Waals surface area contributed by atoms with Crippen LogP contribution in [0.4, 0.5) is 0 Å². The second-order valence-corrected chi connectivity index (χ2v) is 6.15. The monoisotopic (exact) mass is 270 g/mol. The number of carboxylic acid groups (broad SMARTS) is 1. The van der Waals surface area contributed by atoms with E-state index in [1.807, 2.05) is 0 Å². The Morgan fingerprint density at radius 2 is 1.84 bits per heavy atom.